The third-order valence-corrected chi connectivity index (χ3v) is 4.16. The highest BCUT2D eigenvalue weighted by atomic mass is 32.2. The fourth-order valence-electron chi connectivity index (χ4n) is 1.60. The van der Waals surface area contributed by atoms with Crippen LogP contribution < -0.4 is 4.72 Å². The second kappa shape index (κ2) is 5.59. The van der Waals surface area contributed by atoms with Crippen molar-refractivity contribution in [2.24, 2.45) is 0 Å². The van der Waals surface area contributed by atoms with E-state index < -0.39 is 10.2 Å². The summed E-state index contributed by atoms with van der Waals surface area (Å²) in [5.41, 5.74) is 0. The molecule has 1 aliphatic heterocycles. The van der Waals surface area contributed by atoms with Crippen LogP contribution in [0.1, 0.15) is 13.8 Å². The lowest BCUT2D eigenvalue weighted by molar-refractivity contribution is 0.204. The smallest absolute Gasteiger partial charge is 0.279 e. The largest absolute Gasteiger partial charge is 0.288 e. The Morgan fingerprint density at radius 3 is 2.31 bits per heavy atom. The minimum atomic E-state index is -3.35. The van der Waals surface area contributed by atoms with Crippen molar-refractivity contribution in [2.45, 2.75) is 19.9 Å². The minimum Gasteiger partial charge on any atom is -0.288 e. The molecule has 0 radical (unpaired) electrons. The first kappa shape index (κ1) is 13.4. The van der Waals surface area contributed by atoms with Crippen LogP contribution in [-0.4, -0.2) is 56.4 Å². The summed E-state index contributed by atoms with van der Waals surface area (Å²) in [5, 5.41) is 8.53. The molecule has 0 aliphatic carbocycles. The number of nitrogens with one attached hydrogen (secondary N) is 1. The molecule has 0 aromatic heterocycles. The van der Waals surface area contributed by atoms with Crippen LogP contribution in [0.5, 0.6) is 0 Å². The lowest BCUT2D eigenvalue weighted by Gasteiger charge is -2.32. The van der Waals surface area contributed by atoms with E-state index >= 15 is 0 Å². The molecular weight excluding hydrogens is 228 g/mol. The van der Waals surface area contributed by atoms with Crippen molar-refractivity contribution in [3.8, 4) is 6.07 Å². The molecule has 1 rings (SSSR count). The molecule has 0 bridgehead atoms. The van der Waals surface area contributed by atoms with E-state index in [9.17, 15) is 8.42 Å². The molecule has 0 aromatic carbocycles. The highest BCUT2D eigenvalue weighted by Gasteiger charge is 2.26. The van der Waals surface area contributed by atoms with E-state index in [4.69, 9.17) is 5.26 Å². The van der Waals surface area contributed by atoms with Crippen molar-refractivity contribution in [3.05, 3.63) is 0 Å². The maximum Gasteiger partial charge on any atom is 0.279 e. The molecule has 1 saturated heterocycles. The molecule has 0 atom stereocenters. The molecule has 0 spiro atoms. The van der Waals surface area contributed by atoms with Crippen LogP contribution in [-0.2, 0) is 10.2 Å². The summed E-state index contributed by atoms with van der Waals surface area (Å²) in [6, 6.07) is 1.97. The summed E-state index contributed by atoms with van der Waals surface area (Å²) >= 11 is 0. The van der Waals surface area contributed by atoms with Gasteiger partial charge in [-0.25, -0.2) is 0 Å². The Labute approximate surface area is 97.0 Å². The van der Waals surface area contributed by atoms with Crippen LogP contribution >= 0.6 is 0 Å². The summed E-state index contributed by atoms with van der Waals surface area (Å²) in [6.45, 7) is 6.09. The summed E-state index contributed by atoms with van der Waals surface area (Å²) < 4.78 is 27.6. The second-order valence-electron chi connectivity index (χ2n) is 4.11. The average Bonchev–Trinajstić information content (AvgIpc) is 2.17. The molecule has 92 valence electrons. The Morgan fingerprint density at radius 1 is 1.31 bits per heavy atom. The predicted octanol–water partition coefficient (Wildman–Crippen LogP) is -0.630. The first-order valence-electron chi connectivity index (χ1n) is 5.32. The van der Waals surface area contributed by atoms with Gasteiger partial charge in [0.2, 0.25) is 0 Å². The molecule has 0 saturated carbocycles. The van der Waals surface area contributed by atoms with Crippen molar-refractivity contribution in [2.75, 3.05) is 32.7 Å². The number of hydrogen-bond acceptors (Lipinski definition) is 4. The van der Waals surface area contributed by atoms with E-state index in [-0.39, 0.29) is 6.04 Å². The molecule has 1 fully saturated rings. The van der Waals surface area contributed by atoms with Gasteiger partial charge in [-0.3, -0.25) is 4.90 Å². The molecule has 16 heavy (non-hydrogen) atoms. The maximum atomic E-state index is 11.8. The van der Waals surface area contributed by atoms with Crippen molar-refractivity contribution >= 4 is 10.2 Å². The third-order valence-electron chi connectivity index (χ3n) is 2.35. The molecular formula is C9H18N4O2S. The SMILES string of the molecule is CC(C)NS(=O)(=O)N1CCN(CC#N)CC1. The van der Waals surface area contributed by atoms with Crippen LogP contribution in [0, 0.1) is 11.3 Å². The lowest BCUT2D eigenvalue weighted by Crippen LogP contribution is -2.52. The highest BCUT2D eigenvalue weighted by molar-refractivity contribution is 7.87. The van der Waals surface area contributed by atoms with Gasteiger partial charge in [0.05, 0.1) is 12.6 Å². The summed E-state index contributed by atoms with van der Waals surface area (Å²) in [4.78, 5) is 1.95. The van der Waals surface area contributed by atoms with Crippen molar-refractivity contribution < 1.29 is 8.42 Å². The van der Waals surface area contributed by atoms with E-state index in [0.29, 0.717) is 32.7 Å². The summed E-state index contributed by atoms with van der Waals surface area (Å²) in [5.74, 6) is 0. The molecule has 6 nitrogen and oxygen atoms in total. The zero-order valence-corrected chi connectivity index (χ0v) is 10.5. The van der Waals surface area contributed by atoms with Gasteiger partial charge in [-0.15, -0.1) is 0 Å². The van der Waals surface area contributed by atoms with Crippen LogP contribution in [0.3, 0.4) is 0 Å². The minimum absolute atomic E-state index is 0.0952. The second-order valence-corrected chi connectivity index (χ2v) is 5.81. The van der Waals surface area contributed by atoms with Gasteiger partial charge in [-0.2, -0.15) is 22.7 Å². The fraction of sp³-hybridized carbons (Fsp3) is 0.889. The van der Waals surface area contributed by atoms with Crippen LogP contribution in [0.25, 0.3) is 0 Å². The fourth-order valence-corrected chi connectivity index (χ4v) is 2.99. The molecule has 0 aromatic rings. The van der Waals surface area contributed by atoms with Crippen molar-refractivity contribution in [3.63, 3.8) is 0 Å². The van der Waals surface area contributed by atoms with Gasteiger partial charge in [0.15, 0.2) is 0 Å². The number of nitrogens with zero attached hydrogens (tertiary/aromatic N) is 3. The van der Waals surface area contributed by atoms with Crippen LogP contribution in [0.15, 0.2) is 0 Å². The Kier molecular flexibility index (Phi) is 4.68. The number of rotatable bonds is 4. The topological polar surface area (TPSA) is 76.4 Å². The van der Waals surface area contributed by atoms with Gasteiger partial charge in [0.25, 0.3) is 10.2 Å². The monoisotopic (exact) mass is 246 g/mol. The Morgan fingerprint density at radius 2 is 1.88 bits per heavy atom. The lowest BCUT2D eigenvalue weighted by atomic mass is 10.4. The van der Waals surface area contributed by atoms with Crippen molar-refractivity contribution in [1.82, 2.24) is 13.9 Å². The normalized spacial score (nSPS) is 19.9. The molecule has 7 heteroatoms. The Bertz CT molecular complexity index is 352. The van der Waals surface area contributed by atoms with Crippen molar-refractivity contribution in [1.29, 1.82) is 5.26 Å². The van der Waals surface area contributed by atoms with E-state index in [0.717, 1.165) is 0 Å². The van der Waals surface area contributed by atoms with Crippen LogP contribution in [0.2, 0.25) is 0 Å². The number of hydrogen-bond donors (Lipinski definition) is 1. The van der Waals surface area contributed by atoms with Gasteiger partial charge in [-0.1, -0.05) is 0 Å². The first-order valence-corrected chi connectivity index (χ1v) is 6.76. The van der Waals surface area contributed by atoms with E-state index in [1.165, 1.54) is 4.31 Å². The standard InChI is InChI=1S/C9H18N4O2S/c1-9(2)11-16(14,15)13-7-5-12(4-3-10)6-8-13/h9,11H,4-8H2,1-2H3. The Balaban J connectivity index is 2.51. The molecule has 1 N–H and O–H groups in total. The summed E-state index contributed by atoms with van der Waals surface area (Å²) in [7, 11) is -3.35. The number of nitriles is 1. The van der Waals surface area contributed by atoms with Gasteiger partial charge in [-0.05, 0) is 13.8 Å². The Hall–Kier alpha value is -0.680. The average molecular weight is 246 g/mol. The first-order chi connectivity index (χ1) is 7.45. The molecule has 1 heterocycles. The number of piperazine rings is 1. The zero-order chi connectivity index (χ0) is 12.2. The molecule has 0 amide bonds. The molecule has 0 unspecified atom stereocenters. The zero-order valence-electron chi connectivity index (χ0n) is 9.68. The van der Waals surface area contributed by atoms with E-state index in [2.05, 4.69) is 10.8 Å². The van der Waals surface area contributed by atoms with Crippen LogP contribution in [0.4, 0.5) is 0 Å². The van der Waals surface area contributed by atoms with E-state index in [1.54, 1.807) is 13.8 Å². The maximum absolute atomic E-state index is 11.8. The van der Waals surface area contributed by atoms with Gasteiger partial charge in [0, 0.05) is 32.2 Å². The molecule has 1 aliphatic rings. The third kappa shape index (κ3) is 3.72. The summed E-state index contributed by atoms with van der Waals surface area (Å²) in [6.07, 6.45) is 0. The van der Waals surface area contributed by atoms with Gasteiger partial charge >= 0.3 is 0 Å². The quantitative estimate of drug-likeness (QED) is 0.670. The predicted molar refractivity (Wildman–Crippen MR) is 60.8 cm³/mol. The van der Waals surface area contributed by atoms with E-state index in [1.807, 2.05) is 4.90 Å². The van der Waals surface area contributed by atoms with Gasteiger partial charge in [0.1, 0.15) is 0 Å². The van der Waals surface area contributed by atoms with Gasteiger partial charge < -0.3 is 0 Å². The highest BCUT2D eigenvalue weighted by Crippen LogP contribution is 2.06.